The Hall–Kier alpha value is -4.65. The fourth-order valence-corrected chi connectivity index (χ4v) is 3.53. The number of fused-ring (bicyclic) bond motifs is 2. The molecule has 2 aromatic carbocycles. The van der Waals surface area contributed by atoms with Crippen LogP contribution < -0.4 is 15.5 Å². The van der Waals surface area contributed by atoms with E-state index < -0.39 is 35.6 Å². The number of nitrogens with zero attached hydrogens (tertiary/aromatic N) is 1. The summed E-state index contributed by atoms with van der Waals surface area (Å²) in [4.78, 5) is 44.8. The maximum absolute atomic E-state index is 13.3. The molecular weight excluding hydrogens is 535 g/mol. The number of hydrogen-bond acceptors (Lipinski definition) is 7. The number of aliphatic carboxylic acids is 2. The smallest absolute Gasteiger partial charge is 0.416 e. The van der Waals surface area contributed by atoms with Gasteiger partial charge in [-0.3, -0.25) is 4.79 Å². The van der Waals surface area contributed by atoms with Gasteiger partial charge in [-0.1, -0.05) is 18.2 Å². The molecular formula is C27H28F3N3O7. The zero-order chi connectivity index (χ0) is 29.7. The summed E-state index contributed by atoms with van der Waals surface area (Å²) in [6.45, 7) is 3.42. The van der Waals surface area contributed by atoms with Crippen molar-refractivity contribution in [1.29, 1.82) is 0 Å². The van der Waals surface area contributed by atoms with Gasteiger partial charge in [-0.25, -0.2) is 14.4 Å². The van der Waals surface area contributed by atoms with Crippen molar-refractivity contribution in [2.75, 3.05) is 36.5 Å². The number of halogens is 3. The minimum Gasteiger partial charge on any atom is -0.478 e. The van der Waals surface area contributed by atoms with E-state index in [0.29, 0.717) is 56.2 Å². The summed E-state index contributed by atoms with van der Waals surface area (Å²) in [5.41, 5.74) is 0.744. The molecule has 10 nitrogen and oxygen atoms in total. The van der Waals surface area contributed by atoms with Crippen LogP contribution in [0, 0.1) is 0 Å². The van der Waals surface area contributed by atoms with E-state index in [0.717, 1.165) is 12.1 Å². The number of carbonyl (C=O) groups excluding carboxylic acids is 2. The summed E-state index contributed by atoms with van der Waals surface area (Å²) in [6.07, 6.45) is 0.173. The van der Waals surface area contributed by atoms with Crippen molar-refractivity contribution < 1.29 is 47.3 Å². The molecule has 0 radical (unpaired) electrons. The van der Waals surface area contributed by atoms with Gasteiger partial charge in [0, 0.05) is 31.3 Å². The number of ether oxygens (including phenoxy) is 1. The Morgan fingerprint density at radius 1 is 1.02 bits per heavy atom. The summed E-state index contributed by atoms with van der Waals surface area (Å²) in [5.74, 6) is -3.38. The molecule has 1 aliphatic heterocycles. The third-order valence-electron chi connectivity index (χ3n) is 5.21. The lowest BCUT2D eigenvalue weighted by Crippen LogP contribution is -2.25. The number of carboxylic acid groups (broad SMARTS) is 2. The van der Waals surface area contributed by atoms with Crippen molar-refractivity contribution >= 4 is 40.9 Å². The Morgan fingerprint density at radius 3 is 2.33 bits per heavy atom. The number of esters is 1. The molecule has 214 valence electrons. The lowest BCUT2D eigenvalue weighted by Gasteiger charge is -2.26. The van der Waals surface area contributed by atoms with E-state index in [1.165, 1.54) is 12.1 Å². The van der Waals surface area contributed by atoms with Crippen molar-refractivity contribution in [3.05, 3.63) is 77.9 Å². The summed E-state index contributed by atoms with van der Waals surface area (Å²) in [6, 6.07) is 10.2. The number of anilines is 3. The molecule has 0 spiro atoms. The van der Waals surface area contributed by atoms with E-state index >= 15 is 0 Å². The maximum Gasteiger partial charge on any atom is 0.416 e. The number of para-hydroxylation sites is 2. The molecule has 2 aromatic rings. The fourth-order valence-electron chi connectivity index (χ4n) is 3.53. The zero-order valence-electron chi connectivity index (χ0n) is 21.4. The van der Waals surface area contributed by atoms with Crippen LogP contribution in [0.4, 0.5) is 30.2 Å². The fraction of sp³-hybridized carbons (Fsp3) is 0.259. The third kappa shape index (κ3) is 9.91. The number of hydrogen-bond donors (Lipinski definition) is 4. The molecule has 0 fully saturated rings. The normalized spacial score (nSPS) is 12.6. The standard InChI is InChI=1S/C23H24F3N3O3.C4H4O4/c1-2-32-21(30)9-5-12-27-13-6-14-29-19-8-4-3-7-18(19)28-22(31)17-11-10-16(15-20(17)29)23(24,25)26;5-3(6)1-2-4(7)8/h3-5,7-11,15,27H,2,6,12-14H2,1H3,(H,28,31);1-2H,(H,5,6)(H,7,8)/b9-5+;2-1-. The van der Waals surface area contributed by atoms with Gasteiger partial charge in [0.2, 0.25) is 0 Å². The third-order valence-corrected chi connectivity index (χ3v) is 5.21. The van der Waals surface area contributed by atoms with Gasteiger partial charge in [-0.05, 0) is 50.2 Å². The van der Waals surface area contributed by atoms with E-state index in [1.807, 2.05) is 0 Å². The van der Waals surface area contributed by atoms with Gasteiger partial charge in [0.25, 0.3) is 5.91 Å². The van der Waals surface area contributed by atoms with Gasteiger partial charge < -0.3 is 30.5 Å². The molecule has 0 bridgehead atoms. The van der Waals surface area contributed by atoms with Crippen LogP contribution in [0.5, 0.6) is 0 Å². The van der Waals surface area contributed by atoms with Gasteiger partial charge >= 0.3 is 24.1 Å². The molecule has 1 aliphatic rings. The van der Waals surface area contributed by atoms with E-state index in [1.54, 1.807) is 42.2 Å². The van der Waals surface area contributed by atoms with Crippen molar-refractivity contribution in [3.63, 3.8) is 0 Å². The molecule has 0 aliphatic carbocycles. The highest BCUT2D eigenvalue weighted by atomic mass is 19.4. The summed E-state index contributed by atoms with van der Waals surface area (Å²) in [7, 11) is 0. The number of carbonyl (C=O) groups is 4. The van der Waals surface area contributed by atoms with Crippen LogP contribution >= 0.6 is 0 Å². The highest BCUT2D eigenvalue weighted by Gasteiger charge is 2.33. The molecule has 0 unspecified atom stereocenters. The molecule has 13 heteroatoms. The molecule has 0 atom stereocenters. The SMILES string of the molecule is CCOC(=O)/C=C/CNCCCN1c2ccccc2NC(=O)c2ccc(C(F)(F)F)cc21.O=C(O)/C=C\C(=O)O. The molecule has 1 amide bonds. The van der Waals surface area contributed by atoms with Crippen LogP contribution in [-0.2, 0) is 25.3 Å². The number of benzene rings is 2. The van der Waals surface area contributed by atoms with Crippen LogP contribution in [0.3, 0.4) is 0 Å². The topological polar surface area (TPSA) is 145 Å². The van der Waals surface area contributed by atoms with E-state index in [9.17, 15) is 32.3 Å². The van der Waals surface area contributed by atoms with Gasteiger partial charge in [0.1, 0.15) is 0 Å². The van der Waals surface area contributed by atoms with Crippen molar-refractivity contribution in [2.24, 2.45) is 0 Å². The molecule has 40 heavy (non-hydrogen) atoms. The van der Waals surface area contributed by atoms with Crippen LogP contribution in [0.15, 0.2) is 66.8 Å². The minimum atomic E-state index is -4.52. The van der Waals surface area contributed by atoms with E-state index in [2.05, 4.69) is 10.6 Å². The second kappa shape index (κ2) is 15.1. The predicted octanol–water partition coefficient (Wildman–Crippen LogP) is 4.22. The molecule has 0 saturated heterocycles. The highest BCUT2D eigenvalue weighted by Crippen LogP contribution is 2.40. The Balaban J connectivity index is 0.000000611. The Bertz CT molecular complexity index is 1260. The lowest BCUT2D eigenvalue weighted by atomic mass is 10.1. The van der Waals surface area contributed by atoms with Gasteiger partial charge in [0.15, 0.2) is 0 Å². The monoisotopic (exact) mass is 563 g/mol. The number of rotatable bonds is 10. The van der Waals surface area contributed by atoms with Gasteiger partial charge in [-0.2, -0.15) is 13.2 Å². The van der Waals surface area contributed by atoms with Crippen molar-refractivity contribution in [3.8, 4) is 0 Å². The quantitative estimate of drug-likeness (QED) is 0.190. The Labute approximate surface area is 227 Å². The first-order chi connectivity index (χ1) is 18.9. The summed E-state index contributed by atoms with van der Waals surface area (Å²) in [5, 5.41) is 21.5. The zero-order valence-corrected chi connectivity index (χ0v) is 21.4. The first-order valence-corrected chi connectivity index (χ1v) is 12.0. The number of alkyl halides is 3. The molecule has 0 saturated carbocycles. The summed E-state index contributed by atoms with van der Waals surface area (Å²) >= 11 is 0. The Kier molecular flexibility index (Phi) is 11.9. The largest absolute Gasteiger partial charge is 0.478 e. The molecule has 1 heterocycles. The van der Waals surface area contributed by atoms with Gasteiger partial charge in [0.05, 0.1) is 34.8 Å². The van der Waals surface area contributed by atoms with E-state index in [4.69, 9.17) is 14.9 Å². The molecule has 0 aromatic heterocycles. The van der Waals surface area contributed by atoms with Crippen LogP contribution in [-0.4, -0.2) is 60.3 Å². The number of amides is 1. The summed E-state index contributed by atoms with van der Waals surface area (Å²) < 4.78 is 44.8. The van der Waals surface area contributed by atoms with E-state index in [-0.39, 0.29) is 11.3 Å². The van der Waals surface area contributed by atoms with Crippen LogP contribution in [0.2, 0.25) is 0 Å². The van der Waals surface area contributed by atoms with Gasteiger partial charge in [-0.15, -0.1) is 0 Å². The highest BCUT2D eigenvalue weighted by molar-refractivity contribution is 6.12. The maximum atomic E-state index is 13.3. The van der Waals surface area contributed by atoms with Crippen molar-refractivity contribution in [2.45, 2.75) is 19.5 Å². The van der Waals surface area contributed by atoms with Crippen LogP contribution in [0.1, 0.15) is 29.3 Å². The predicted molar refractivity (Wildman–Crippen MR) is 141 cm³/mol. The lowest BCUT2D eigenvalue weighted by molar-refractivity contribution is -0.138. The number of carboxylic acids is 2. The Morgan fingerprint density at radius 2 is 1.70 bits per heavy atom. The number of nitrogens with one attached hydrogen (secondary N) is 2. The van der Waals surface area contributed by atoms with Crippen molar-refractivity contribution in [1.82, 2.24) is 5.32 Å². The first-order valence-electron chi connectivity index (χ1n) is 12.0. The average molecular weight is 564 g/mol. The minimum absolute atomic E-state index is 0.180. The second-order valence-electron chi connectivity index (χ2n) is 8.07. The second-order valence-corrected chi connectivity index (χ2v) is 8.07. The molecule has 3 rings (SSSR count). The first kappa shape index (κ1) is 31.6. The average Bonchev–Trinajstić information content (AvgIpc) is 3.00. The molecule has 4 N–H and O–H groups in total. The van der Waals surface area contributed by atoms with Crippen LogP contribution in [0.25, 0.3) is 0 Å².